The van der Waals surface area contributed by atoms with Crippen LogP contribution < -0.4 is 5.32 Å². The van der Waals surface area contributed by atoms with Crippen LogP contribution in [0.15, 0.2) is 29.0 Å². The SMILES string of the molecule is CC(NCCc1nncn1C)c1ccc(Br)cc1Cl. The number of benzene rings is 1. The van der Waals surface area contributed by atoms with Gasteiger partial charge in [-0.1, -0.05) is 33.6 Å². The van der Waals surface area contributed by atoms with E-state index in [0.29, 0.717) is 0 Å². The van der Waals surface area contributed by atoms with E-state index in [2.05, 4.69) is 38.4 Å². The molecular formula is C13H16BrClN4. The van der Waals surface area contributed by atoms with Crippen molar-refractivity contribution in [1.82, 2.24) is 20.1 Å². The van der Waals surface area contributed by atoms with Crippen LogP contribution in [0.2, 0.25) is 5.02 Å². The van der Waals surface area contributed by atoms with Gasteiger partial charge in [-0.15, -0.1) is 10.2 Å². The minimum Gasteiger partial charge on any atom is -0.321 e. The largest absolute Gasteiger partial charge is 0.321 e. The van der Waals surface area contributed by atoms with Gasteiger partial charge in [0.2, 0.25) is 0 Å². The van der Waals surface area contributed by atoms with Crippen LogP contribution in [-0.2, 0) is 13.5 Å². The van der Waals surface area contributed by atoms with Gasteiger partial charge < -0.3 is 9.88 Å². The second kappa shape index (κ2) is 6.50. The molecule has 0 aliphatic heterocycles. The molecule has 1 atom stereocenters. The minimum absolute atomic E-state index is 0.203. The number of nitrogens with zero attached hydrogens (tertiary/aromatic N) is 3. The van der Waals surface area contributed by atoms with Gasteiger partial charge in [-0.2, -0.15) is 0 Å². The Balaban J connectivity index is 1.91. The summed E-state index contributed by atoms with van der Waals surface area (Å²) in [6, 6.07) is 6.15. The van der Waals surface area contributed by atoms with Gasteiger partial charge in [0, 0.05) is 35.6 Å². The zero-order chi connectivity index (χ0) is 13.8. The molecule has 0 aliphatic rings. The Morgan fingerprint density at radius 2 is 2.26 bits per heavy atom. The van der Waals surface area contributed by atoms with E-state index in [4.69, 9.17) is 11.6 Å². The molecule has 0 saturated heterocycles. The number of nitrogens with one attached hydrogen (secondary N) is 1. The molecule has 0 fully saturated rings. The minimum atomic E-state index is 0.203. The molecule has 0 spiro atoms. The van der Waals surface area contributed by atoms with E-state index in [1.807, 2.05) is 29.8 Å². The fraction of sp³-hybridized carbons (Fsp3) is 0.385. The van der Waals surface area contributed by atoms with Crippen molar-refractivity contribution in [3.63, 3.8) is 0 Å². The third kappa shape index (κ3) is 3.78. The first kappa shape index (κ1) is 14.5. The van der Waals surface area contributed by atoms with E-state index in [9.17, 15) is 0 Å². The van der Waals surface area contributed by atoms with Crippen molar-refractivity contribution in [3.05, 3.63) is 45.4 Å². The van der Waals surface area contributed by atoms with Crippen molar-refractivity contribution in [2.45, 2.75) is 19.4 Å². The number of rotatable bonds is 5. The molecule has 1 N–H and O–H groups in total. The van der Waals surface area contributed by atoms with Gasteiger partial charge >= 0.3 is 0 Å². The Bertz CT molecular complexity index is 555. The first-order valence-corrected chi connectivity index (χ1v) is 7.26. The molecular weight excluding hydrogens is 328 g/mol. The number of halogens is 2. The molecule has 6 heteroatoms. The van der Waals surface area contributed by atoms with Crippen molar-refractivity contribution in [2.75, 3.05) is 6.54 Å². The van der Waals surface area contributed by atoms with Gasteiger partial charge in [-0.25, -0.2) is 0 Å². The maximum atomic E-state index is 6.23. The lowest BCUT2D eigenvalue weighted by Gasteiger charge is -2.15. The normalized spacial score (nSPS) is 12.6. The summed E-state index contributed by atoms with van der Waals surface area (Å²) in [5.74, 6) is 0.974. The quantitative estimate of drug-likeness (QED) is 0.907. The molecule has 4 nitrogen and oxygen atoms in total. The summed E-state index contributed by atoms with van der Waals surface area (Å²) in [7, 11) is 1.95. The first-order valence-electron chi connectivity index (χ1n) is 6.09. The second-order valence-electron chi connectivity index (χ2n) is 4.45. The highest BCUT2D eigenvalue weighted by Gasteiger charge is 2.10. The van der Waals surface area contributed by atoms with Gasteiger partial charge in [0.05, 0.1) is 0 Å². The van der Waals surface area contributed by atoms with Gasteiger partial charge in [-0.05, 0) is 24.6 Å². The zero-order valence-electron chi connectivity index (χ0n) is 10.9. The highest BCUT2D eigenvalue weighted by atomic mass is 79.9. The van der Waals surface area contributed by atoms with Crippen LogP contribution in [0.25, 0.3) is 0 Å². The molecule has 0 aliphatic carbocycles. The van der Waals surface area contributed by atoms with E-state index in [1.165, 1.54) is 0 Å². The fourth-order valence-corrected chi connectivity index (χ4v) is 2.73. The molecule has 0 saturated carbocycles. The number of hydrogen-bond donors (Lipinski definition) is 1. The van der Waals surface area contributed by atoms with Crippen LogP contribution in [-0.4, -0.2) is 21.3 Å². The maximum Gasteiger partial charge on any atom is 0.133 e. The van der Waals surface area contributed by atoms with Crippen molar-refractivity contribution >= 4 is 27.5 Å². The topological polar surface area (TPSA) is 42.7 Å². The molecule has 1 aromatic carbocycles. The zero-order valence-corrected chi connectivity index (χ0v) is 13.2. The van der Waals surface area contributed by atoms with Crippen molar-refractivity contribution < 1.29 is 0 Å². The predicted octanol–water partition coefficient (Wildman–Crippen LogP) is 3.12. The molecule has 0 bridgehead atoms. The third-order valence-electron chi connectivity index (χ3n) is 3.03. The van der Waals surface area contributed by atoms with E-state index in [1.54, 1.807) is 6.33 Å². The Hall–Kier alpha value is -0.910. The Morgan fingerprint density at radius 1 is 1.47 bits per heavy atom. The standard InChI is InChI=1S/C13H16BrClN4/c1-9(11-4-3-10(14)7-12(11)15)16-6-5-13-18-17-8-19(13)2/h3-4,7-9,16H,5-6H2,1-2H3. The third-order valence-corrected chi connectivity index (χ3v) is 3.85. The molecule has 1 heterocycles. The molecule has 2 rings (SSSR count). The molecule has 0 amide bonds. The fourth-order valence-electron chi connectivity index (χ4n) is 1.90. The predicted molar refractivity (Wildman–Crippen MR) is 80.3 cm³/mol. The van der Waals surface area contributed by atoms with E-state index in [-0.39, 0.29) is 6.04 Å². The summed E-state index contributed by atoms with van der Waals surface area (Å²) in [6.45, 7) is 2.94. The lowest BCUT2D eigenvalue weighted by atomic mass is 10.1. The molecule has 2 aromatic rings. The van der Waals surface area contributed by atoms with Crippen molar-refractivity contribution in [2.24, 2.45) is 7.05 Å². The van der Waals surface area contributed by atoms with E-state index >= 15 is 0 Å². The smallest absolute Gasteiger partial charge is 0.133 e. The number of aromatic nitrogens is 3. The summed E-state index contributed by atoms with van der Waals surface area (Å²) >= 11 is 9.64. The Labute approximate surface area is 126 Å². The molecule has 1 aromatic heterocycles. The second-order valence-corrected chi connectivity index (χ2v) is 5.77. The van der Waals surface area contributed by atoms with Crippen LogP contribution >= 0.6 is 27.5 Å². The molecule has 19 heavy (non-hydrogen) atoms. The average molecular weight is 344 g/mol. The van der Waals surface area contributed by atoms with Crippen molar-refractivity contribution in [3.8, 4) is 0 Å². The maximum absolute atomic E-state index is 6.23. The van der Waals surface area contributed by atoms with Gasteiger partial charge in [0.1, 0.15) is 12.2 Å². The van der Waals surface area contributed by atoms with Crippen LogP contribution in [0.4, 0.5) is 0 Å². The number of aryl methyl sites for hydroxylation is 1. The highest BCUT2D eigenvalue weighted by molar-refractivity contribution is 9.10. The monoisotopic (exact) mass is 342 g/mol. The highest BCUT2D eigenvalue weighted by Crippen LogP contribution is 2.26. The number of hydrogen-bond acceptors (Lipinski definition) is 3. The van der Waals surface area contributed by atoms with Crippen LogP contribution in [0.3, 0.4) is 0 Å². The molecule has 0 radical (unpaired) electrons. The lowest BCUT2D eigenvalue weighted by molar-refractivity contribution is 0.564. The van der Waals surface area contributed by atoms with Gasteiger partial charge in [0.25, 0.3) is 0 Å². The first-order chi connectivity index (χ1) is 9.08. The average Bonchev–Trinajstić information content (AvgIpc) is 2.75. The van der Waals surface area contributed by atoms with E-state index in [0.717, 1.165) is 33.8 Å². The van der Waals surface area contributed by atoms with Crippen LogP contribution in [0.1, 0.15) is 24.4 Å². The molecule has 1 unspecified atom stereocenters. The summed E-state index contributed by atoms with van der Waals surface area (Å²) in [6.07, 6.45) is 2.55. The van der Waals surface area contributed by atoms with Crippen LogP contribution in [0, 0.1) is 0 Å². The van der Waals surface area contributed by atoms with Gasteiger partial charge in [-0.3, -0.25) is 0 Å². The summed E-state index contributed by atoms with van der Waals surface area (Å²) in [5, 5.41) is 12.1. The van der Waals surface area contributed by atoms with Crippen LogP contribution in [0.5, 0.6) is 0 Å². The Morgan fingerprint density at radius 3 is 2.89 bits per heavy atom. The van der Waals surface area contributed by atoms with Gasteiger partial charge in [0.15, 0.2) is 0 Å². The summed E-state index contributed by atoms with van der Waals surface area (Å²) in [4.78, 5) is 0. The van der Waals surface area contributed by atoms with Crippen molar-refractivity contribution in [1.29, 1.82) is 0 Å². The van der Waals surface area contributed by atoms with E-state index < -0.39 is 0 Å². The summed E-state index contributed by atoms with van der Waals surface area (Å²) < 4.78 is 2.92. The summed E-state index contributed by atoms with van der Waals surface area (Å²) in [5.41, 5.74) is 1.10. The molecule has 102 valence electrons. The Kier molecular flexibility index (Phi) is 4.96. The lowest BCUT2D eigenvalue weighted by Crippen LogP contribution is -2.22.